The second kappa shape index (κ2) is 8.54. The summed E-state index contributed by atoms with van der Waals surface area (Å²) in [7, 11) is 0. The summed E-state index contributed by atoms with van der Waals surface area (Å²) in [4.78, 5) is 15.3. The fraction of sp³-hybridized carbons (Fsp3) is 0.250. The lowest BCUT2D eigenvalue weighted by atomic mass is 10.1. The number of nitrogens with zero attached hydrogens (tertiary/aromatic N) is 3. The minimum Gasteiger partial charge on any atom is -0.383 e. The highest BCUT2D eigenvalue weighted by Crippen LogP contribution is 2.30. The molecular formula is C20H20F3N5O2. The quantitative estimate of drug-likeness (QED) is 0.611. The molecule has 7 nitrogen and oxygen atoms in total. The molecule has 4 N–H and O–H groups in total. The predicted octanol–water partition coefficient (Wildman–Crippen LogP) is 3.30. The van der Waals surface area contributed by atoms with E-state index in [0.29, 0.717) is 12.2 Å². The van der Waals surface area contributed by atoms with Gasteiger partial charge in [-0.3, -0.25) is 9.78 Å². The van der Waals surface area contributed by atoms with E-state index in [1.807, 2.05) is 30.3 Å². The fourth-order valence-electron chi connectivity index (χ4n) is 2.96. The summed E-state index contributed by atoms with van der Waals surface area (Å²) in [5, 5.41) is 4.33. The first-order valence-corrected chi connectivity index (χ1v) is 9.00. The van der Waals surface area contributed by atoms with Crippen LogP contribution < -0.4 is 11.5 Å². The zero-order valence-corrected chi connectivity index (χ0v) is 16.1. The summed E-state index contributed by atoms with van der Waals surface area (Å²) in [6.07, 6.45) is -3.43. The third-order valence-corrected chi connectivity index (χ3v) is 4.54. The molecule has 1 unspecified atom stereocenters. The average molecular weight is 419 g/mol. The van der Waals surface area contributed by atoms with Gasteiger partial charge < -0.3 is 16.2 Å². The Hall–Kier alpha value is -3.40. The number of ether oxygens (including phenoxy) is 1. The molecule has 3 rings (SSSR count). The molecule has 158 valence electrons. The van der Waals surface area contributed by atoms with E-state index in [4.69, 9.17) is 16.2 Å². The topological polar surface area (TPSA) is 109 Å². The second-order valence-corrected chi connectivity index (χ2v) is 6.64. The van der Waals surface area contributed by atoms with E-state index < -0.39 is 23.8 Å². The Balaban J connectivity index is 1.82. The van der Waals surface area contributed by atoms with Crippen LogP contribution in [0.15, 0.2) is 48.7 Å². The number of carbonyl (C=O) groups excluding carboxylic acids is 1. The molecule has 0 aliphatic rings. The lowest BCUT2D eigenvalue weighted by Crippen LogP contribution is -2.17. The van der Waals surface area contributed by atoms with Gasteiger partial charge in [0.1, 0.15) is 22.8 Å². The number of amides is 1. The van der Waals surface area contributed by atoms with Crippen LogP contribution in [0.4, 0.5) is 19.0 Å². The van der Waals surface area contributed by atoms with Crippen molar-refractivity contribution in [2.45, 2.75) is 32.4 Å². The lowest BCUT2D eigenvalue weighted by molar-refractivity contribution is -0.141. The van der Waals surface area contributed by atoms with Crippen molar-refractivity contribution < 1.29 is 22.7 Å². The number of halogens is 3. The minimum atomic E-state index is -4.53. The van der Waals surface area contributed by atoms with E-state index in [1.54, 1.807) is 6.92 Å². The van der Waals surface area contributed by atoms with Crippen LogP contribution in [-0.2, 0) is 24.1 Å². The monoisotopic (exact) mass is 419 g/mol. The summed E-state index contributed by atoms with van der Waals surface area (Å²) in [5.41, 5.74) is 12.2. The van der Waals surface area contributed by atoms with Gasteiger partial charge in [-0.25, -0.2) is 4.68 Å². The van der Waals surface area contributed by atoms with Crippen LogP contribution in [0.2, 0.25) is 0 Å². The second-order valence-electron chi connectivity index (χ2n) is 6.64. The van der Waals surface area contributed by atoms with Crippen molar-refractivity contribution in [1.82, 2.24) is 14.8 Å². The number of hydrogen-bond donors (Lipinski definition) is 2. The Kier molecular flexibility index (Phi) is 6.06. The van der Waals surface area contributed by atoms with Gasteiger partial charge in [0.05, 0.1) is 19.3 Å². The molecular weight excluding hydrogens is 399 g/mol. The van der Waals surface area contributed by atoms with Crippen LogP contribution in [0.1, 0.15) is 45.8 Å². The largest absolute Gasteiger partial charge is 0.433 e. The van der Waals surface area contributed by atoms with Crippen LogP contribution in [0.5, 0.6) is 0 Å². The maximum atomic E-state index is 12.7. The van der Waals surface area contributed by atoms with Gasteiger partial charge in [-0.2, -0.15) is 18.3 Å². The van der Waals surface area contributed by atoms with Gasteiger partial charge >= 0.3 is 6.18 Å². The number of nitrogens with two attached hydrogens (primary N) is 2. The number of alkyl halides is 3. The van der Waals surface area contributed by atoms with Crippen LogP contribution in [0.25, 0.3) is 0 Å². The molecule has 0 aliphatic heterocycles. The Morgan fingerprint density at radius 3 is 2.43 bits per heavy atom. The lowest BCUT2D eigenvalue weighted by Gasteiger charge is -2.15. The molecule has 1 aromatic carbocycles. The zero-order chi connectivity index (χ0) is 21.9. The van der Waals surface area contributed by atoms with Crippen LogP contribution in [0, 0.1) is 0 Å². The van der Waals surface area contributed by atoms with E-state index in [0.717, 1.165) is 17.8 Å². The summed E-state index contributed by atoms with van der Waals surface area (Å²) < 4.78 is 45.1. The van der Waals surface area contributed by atoms with Crippen molar-refractivity contribution in [3.05, 3.63) is 76.7 Å². The SMILES string of the molecule is CC(c1ccc(C(F)(F)F)nc1)n1nc(COCc2ccccc2)c(C(N)=O)c1N. The minimum absolute atomic E-state index is 0.00760. The molecule has 0 saturated heterocycles. The molecule has 3 aromatic rings. The van der Waals surface area contributed by atoms with Crippen molar-refractivity contribution in [3.8, 4) is 0 Å². The molecule has 0 aliphatic carbocycles. The maximum Gasteiger partial charge on any atom is 0.433 e. The smallest absolute Gasteiger partial charge is 0.383 e. The summed E-state index contributed by atoms with van der Waals surface area (Å²) in [6, 6.07) is 11.0. The maximum absolute atomic E-state index is 12.7. The van der Waals surface area contributed by atoms with Crippen molar-refractivity contribution >= 4 is 11.7 Å². The van der Waals surface area contributed by atoms with Crippen LogP contribution >= 0.6 is 0 Å². The highest BCUT2D eigenvalue weighted by Gasteiger charge is 2.32. The molecule has 1 amide bonds. The molecule has 0 spiro atoms. The predicted molar refractivity (Wildman–Crippen MR) is 103 cm³/mol. The molecule has 2 heterocycles. The van der Waals surface area contributed by atoms with E-state index in [-0.39, 0.29) is 23.7 Å². The third kappa shape index (κ3) is 4.60. The normalized spacial score (nSPS) is 12.7. The molecule has 0 fully saturated rings. The van der Waals surface area contributed by atoms with Gasteiger partial charge in [-0.15, -0.1) is 0 Å². The molecule has 1 atom stereocenters. The van der Waals surface area contributed by atoms with Crippen LogP contribution in [-0.4, -0.2) is 20.7 Å². The molecule has 0 saturated carbocycles. The molecule has 30 heavy (non-hydrogen) atoms. The van der Waals surface area contributed by atoms with Gasteiger partial charge in [0.2, 0.25) is 0 Å². The van der Waals surface area contributed by atoms with Crippen molar-refractivity contribution in [2.75, 3.05) is 5.73 Å². The zero-order valence-electron chi connectivity index (χ0n) is 16.1. The van der Waals surface area contributed by atoms with Gasteiger partial charge in [0, 0.05) is 6.20 Å². The Morgan fingerprint density at radius 1 is 1.17 bits per heavy atom. The van der Waals surface area contributed by atoms with Crippen molar-refractivity contribution in [3.63, 3.8) is 0 Å². The first-order chi connectivity index (χ1) is 14.2. The molecule has 0 radical (unpaired) electrons. The molecule has 2 aromatic heterocycles. The number of aromatic nitrogens is 3. The number of pyridine rings is 1. The number of benzene rings is 1. The summed E-state index contributed by atoms with van der Waals surface area (Å²) in [5.74, 6) is -0.761. The number of hydrogen-bond acceptors (Lipinski definition) is 5. The van der Waals surface area contributed by atoms with Gasteiger partial charge in [-0.05, 0) is 24.1 Å². The van der Waals surface area contributed by atoms with E-state index in [1.165, 1.54) is 10.7 Å². The first kappa shape index (κ1) is 21.3. The summed E-state index contributed by atoms with van der Waals surface area (Å²) in [6.45, 7) is 1.96. The highest BCUT2D eigenvalue weighted by molar-refractivity contribution is 5.98. The van der Waals surface area contributed by atoms with Gasteiger partial charge in [-0.1, -0.05) is 36.4 Å². The van der Waals surface area contributed by atoms with E-state index in [2.05, 4.69) is 10.1 Å². The number of anilines is 1. The molecule has 10 heteroatoms. The Bertz CT molecular complexity index is 1020. The van der Waals surface area contributed by atoms with Crippen molar-refractivity contribution in [2.24, 2.45) is 5.73 Å². The number of rotatable bonds is 7. The van der Waals surface area contributed by atoms with Crippen molar-refractivity contribution in [1.29, 1.82) is 0 Å². The average Bonchev–Trinajstić information content (AvgIpc) is 3.04. The van der Waals surface area contributed by atoms with E-state index in [9.17, 15) is 18.0 Å². The Labute approximate surface area is 170 Å². The number of carbonyl (C=O) groups is 1. The standard InChI is InChI=1S/C20H20F3N5O2/c1-12(14-7-8-16(26-9-14)20(21,22)23)28-18(24)17(19(25)29)15(27-28)11-30-10-13-5-3-2-4-6-13/h2-9,12H,10-11,24H2,1H3,(H2,25,29). The number of nitrogen functional groups attached to an aromatic ring is 1. The number of primary amides is 1. The Morgan fingerprint density at radius 2 is 1.87 bits per heavy atom. The van der Waals surface area contributed by atoms with Gasteiger partial charge in [0.25, 0.3) is 5.91 Å². The molecule has 0 bridgehead atoms. The summed E-state index contributed by atoms with van der Waals surface area (Å²) >= 11 is 0. The third-order valence-electron chi connectivity index (χ3n) is 4.54. The first-order valence-electron chi connectivity index (χ1n) is 9.00. The van der Waals surface area contributed by atoms with Crippen LogP contribution in [0.3, 0.4) is 0 Å². The van der Waals surface area contributed by atoms with Gasteiger partial charge in [0.15, 0.2) is 0 Å². The highest BCUT2D eigenvalue weighted by atomic mass is 19.4. The fourth-order valence-corrected chi connectivity index (χ4v) is 2.96. The van der Waals surface area contributed by atoms with E-state index >= 15 is 0 Å².